The van der Waals surface area contributed by atoms with Crippen LogP contribution < -0.4 is 0 Å². The summed E-state index contributed by atoms with van der Waals surface area (Å²) in [6.07, 6.45) is 0.668. The number of hydrogen-bond acceptors (Lipinski definition) is 3. The van der Waals surface area contributed by atoms with Crippen molar-refractivity contribution in [3.63, 3.8) is 0 Å². The topological polar surface area (TPSA) is 34.3 Å². The van der Waals surface area contributed by atoms with Gasteiger partial charge < -0.3 is 4.74 Å². The van der Waals surface area contributed by atoms with Crippen molar-refractivity contribution in [3.05, 3.63) is 0 Å². The predicted molar refractivity (Wildman–Crippen MR) is 31.1 cm³/mol. The first-order valence-corrected chi connectivity index (χ1v) is 3.35. The fourth-order valence-electron chi connectivity index (χ4n) is 0.441. The van der Waals surface area contributed by atoms with Crippen molar-refractivity contribution >= 4 is 9.24 Å². The minimum Gasteiger partial charge on any atom is -0.324 e. The molecule has 1 rings (SSSR count). The van der Waals surface area contributed by atoms with Gasteiger partial charge in [-0.2, -0.15) is 9.78 Å². The Morgan fingerprint density at radius 3 is 2.38 bits per heavy atom. The molecular formula is C4H9O3P. The zero-order valence-corrected chi connectivity index (χ0v) is 5.87. The van der Waals surface area contributed by atoms with Crippen LogP contribution in [-0.2, 0) is 14.5 Å². The smallest absolute Gasteiger partial charge is 0.324 e. The normalized spacial score (nSPS) is 23.2. The average Bonchev–Trinajstić information content (AvgIpc) is 2.50. The molecule has 0 N–H and O–H groups in total. The van der Waals surface area contributed by atoms with Crippen LogP contribution in [0.4, 0.5) is 0 Å². The number of hydrogen-bond donors (Lipinski definition) is 0. The van der Waals surface area contributed by atoms with E-state index >= 15 is 0 Å². The van der Waals surface area contributed by atoms with E-state index < -0.39 is 5.97 Å². The van der Waals surface area contributed by atoms with Crippen LogP contribution in [-0.4, -0.2) is 18.7 Å². The van der Waals surface area contributed by atoms with Crippen LogP contribution in [0, 0.1) is 0 Å². The summed E-state index contributed by atoms with van der Waals surface area (Å²) in [6.45, 7) is 2.52. The minimum absolute atomic E-state index is 0.619. The van der Waals surface area contributed by atoms with E-state index in [1.54, 1.807) is 0 Å². The van der Waals surface area contributed by atoms with Gasteiger partial charge in [-0.1, -0.05) is 0 Å². The summed E-state index contributed by atoms with van der Waals surface area (Å²) in [5, 5.41) is 0. The van der Waals surface area contributed by atoms with Crippen LogP contribution in [0.25, 0.3) is 0 Å². The maximum absolute atomic E-state index is 5.02. The van der Waals surface area contributed by atoms with Crippen molar-refractivity contribution in [1.29, 1.82) is 0 Å². The highest BCUT2D eigenvalue weighted by Crippen LogP contribution is 2.32. The van der Waals surface area contributed by atoms with Crippen LogP contribution >= 0.6 is 9.24 Å². The van der Waals surface area contributed by atoms with Gasteiger partial charge >= 0.3 is 5.97 Å². The SMILES string of the molecule is CCOC1(CP)OO1. The highest BCUT2D eigenvalue weighted by Gasteiger charge is 2.48. The summed E-state index contributed by atoms with van der Waals surface area (Å²) in [7, 11) is 2.49. The second-order valence-corrected chi connectivity index (χ2v) is 1.90. The molecule has 4 heteroatoms. The molecule has 0 spiro atoms. The molecule has 0 aliphatic carbocycles. The molecule has 0 aromatic rings. The summed E-state index contributed by atoms with van der Waals surface area (Å²) >= 11 is 0. The van der Waals surface area contributed by atoms with Gasteiger partial charge in [-0.3, -0.25) is 0 Å². The molecule has 0 aromatic heterocycles. The summed E-state index contributed by atoms with van der Waals surface area (Å²) in [4.78, 5) is 9.09. The van der Waals surface area contributed by atoms with Crippen LogP contribution in [0.5, 0.6) is 0 Å². The molecule has 1 unspecified atom stereocenters. The Bertz CT molecular complexity index is 81.4. The van der Waals surface area contributed by atoms with E-state index in [-0.39, 0.29) is 0 Å². The van der Waals surface area contributed by atoms with Crippen molar-refractivity contribution in [2.45, 2.75) is 12.9 Å². The fraction of sp³-hybridized carbons (Fsp3) is 1.00. The van der Waals surface area contributed by atoms with Gasteiger partial charge in [-0.15, -0.1) is 9.24 Å². The molecule has 1 saturated heterocycles. The molecule has 0 saturated carbocycles. The molecule has 1 aliphatic rings. The monoisotopic (exact) mass is 136 g/mol. The highest BCUT2D eigenvalue weighted by atomic mass is 31.0. The van der Waals surface area contributed by atoms with Gasteiger partial charge in [-0.05, 0) is 6.92 Å². The summed E-state index contributed by atoms with van der Waals surface area (Å²) in [6, 6.07) is 0. The van der Waals surface area contributed by atoms with Crippen molar-refractivity contribution < 1.29 is 14.5 Å². The summed E-state index contributed by atoms with van der Waals surface area (Å²) in [5.41, 5.74) is 0. The Hall–Kier alpha value is 0.310. The van der Waals surface area contributed by atoms with Crippen LogP contribution in [0.1, 0.15) is 6.92 Å². The van der Waals surface area contributed by atoms with E-state index in [0.717, 1.165) is 0 Å². The lowest BCUT2D eigenvalue weighted by atomic mass is 10.7. The number of rotatable bonds is 3. The van der Waals surface area contributed by atoms with E-state index in [4.69, 9.17) is 4.74 Å². The zero-order valence-electron chi connectivity index (χ0n) is 4.72. The van der Waals surface area contributed by atoms with Gasteiger partial charge in [0.25, 0.3) is 0 Å². The van der Waals surface area contributed by atoms with Crippen molar-refractivity contribution in [3.8, 4) is 0 Å². The largest absolute Gasteiger partial charge is 0.343 e. The first-order valence-electron chi connectivity index (χ1n) is 2.54. The highest BCUT2D eigenvalue weighted by molar-refractivity contribution is 7.16. The lowest BCUT2D eigenvalue weighted by Crippen LogP contribution is -2.16. The van der Waals surface area contributed by atoms with Gasteiger partial charge in [0, 0.05) is 12.8 Å². The van der Waals surface area contributed by atoms with Crippen molar-refractivity contribution in [1.82, 2.24) is 0 Å². The molecule has 1 atom stereocenters. The molecule has 0 radical (unpaired) electrons. The van der Waals surface area contributed by atoms with Crippen LogP contribution in [0.3, 0.4) is 0 Å². The van der Waals surface area contributed by atoms with Crippen molar-refractivity contribution in [2.75, 3.05) is 12.8 Å². The molecular weight excluding hydrogens is 127 g/mol. The maximum Gasteiger partial charge on any atom is 0.343 e. The second-order valence-electron chi connectivity index (χ2n) is 1.49. The van der Waals surface area contributed by atoms with Crippen molar-refractivity contribution in [2.24, 2.45) is 0 Å². The van der Waals surface area contributed by atoms with Gasteiger partial charge in [0.05, 0.1) is 0 Å². The van der Waals surface area contributed by atoms with Gasteiger partial charge in [0.15, 0.2) is 0 Å². The maximum atomic E-state index is 5.02. The number of ether oxygens (including phenoxy) is 1. The van der Waals surface area contributed by atoms with Gasteiger partial charge in [0.2, 0.25) is 0 Å². The molecule has 0 aromatic carbocycles. The molecule has 0 amide bonds. The third kappa shape index (κ3) is 1.17. The molecule has 1 fully saturated rings. The van der Waals surface area contributed by atoms with E-state index in [1.165, 1.54) is 0 Å². The second kappa shape index (κ2) is 2.28. The van der Waals surface area contributed by atoms with Gasteiger partial charge in [0.1, 0.15) is 0 Å². The third-order valence-corrected chi connectivity index (χ3v) is 1.38. The molecule has 1 heterocycles. The van der Waals surface area contributed by atoms with Crippen LogP contribution in [0.2, 0.25) is 0 Å². The average molecular weight is 136 g/mol. The van der Waals surface area contributed by atoms with Crippen LogP contribution in [0.15, 0.2) is 0 Å². The quantitative estimate of drug-likeness (QED) is 0.322. The molecule has 0 bridgehead atoms. The van der Waals surface area contributed by atoms with E-state index in [1.807, 2.05) is 6.92 Å². The Morgan fingerprint density at radius 1 is 1.62 bits per heavy atom. The van der Waals surface area contributed by atoms with E-state index in [9.17, 15) is 0 Å². The summed E-state index contributed by atoms with van der Waals surface area (Å²) < 4.78 is 5.02. The molecule has 1 aliphatic heterocycles. The minimum atomic E-state index is -0.695. The van der Waals surface area contributed by atoms with E-state index in [0.29, 0.717) is 12.8 Å². The first kappa shape index (κ1) is 6.43. The lowest BCUT2D eigenvalue weighted by Gasteiger charge is -2.00. The Kier molecular flexibility index (Phi) is 1.83. The Labute approximate surface area is 50.4 Å². The van der Waals surface area contributed by atoms with Gasteiger partial charge in [-0.25, -0.2) is 0 Å². The summed E-state index contributed by atoms with van der Waals surface area (Å²) in [5.74, 6) is -0.695. The first-order chi connectivity index (χ1) is 3.83. The zero-order chi connectivity index (χ0) is 6.04. The Morgan fingerprint density at radius 2 is 2.25 bits per heavy atom. The molecule has 48 valence electrons. The molecule has 8 heavy (non-hydrogen) atoms. The standard InChI is InChI=1S/C4H9O3P/c1-2-5-4(3-8)6-7-4/h2-3,8H2,1H3. The van der Waals surface area contributed by atoms with E-state index in [2.05, 4.69) is 19.0 Å². The lowest BCUT2D eigenvalue weighted by molar-refractivity contribution is -0.0287. The third-order valence-electron chi connectivity index (χ3n) is 0.883. The Balaban J connectivity index is 2.20. The molecule has 3 nitrogen and oxygen atoms in total. The fourth-order valence-corrected chi connectivity index (χ4v) is 0.695. The predicted octanol–water partition coefficient (Wildman–Crippen LogP) is 0.514.